The fourth-order valence-electron chi connectivity index (χ4n) is 1.35. The number of halogens is 2. The van der Waals surface area contributed by atoms with Crippen molar-refractivity contribution in [1.29, 1.82) is 0 Å². The van der Waals surface area contributed by atoms with Crippen LogP contribution < -0.4 is 9.47 Å². The largest absolute Gasteiger partial charge is 0.497 e. The summed E-state index contributed by atoms with van der Waals surface area (Å²) in [5.74, 6) is -1.74. The number of hydrogen-bond acceptors (Lipinski definition) is 2. The molecule has 0 amide bonds. The standard InChI is InChI=1S/C11H14F2O2/c1-11(12,13)7-8-6-9(14-2)4-5-10(8)15-3/h4-6H,7H2,1-3H3. The average molecular weight is 216 g/mol. The predicted molar refractivity (Wildman–Crippen MR) is 53.9 cm³/mol. The summed E-state index contributed by atoms with van der Waals surface area (Å²) in [6.07, 6.45) is -0.354. The van der Waals surface area contributed by atoms with Crippen LogP contribution in [0.3, 0.4) is 0 Å². The van der Waals surface area contributed by atoms with Gasteiger partial charge < -0.3 is 9.47 Å². The molecule has 0 aromatic heterocycles. The molecule has 15 heavy (non-hydrogen) atoms. The third kappa shape index (κ3) is 3.38. The predicted octanol–water partition coefficient (Wildman–Crippen LogP) is 2.90. The zero-order valence-corrected chi connectivity index (χ0v) is 9.01. The van der Waals surface area contributed by atoms with Crippen molar-refractivity contribution in [3.8, 4) is 11.5 Å². The quantitative estimate of drug-likeness (QED) is 0.770. The third-order valence-corrected chi connectivity index (χ3v) is 1.99. The lowest BCUT2D eigenvalue weighted by Crippen LogP contribution is -2.14. The molecule has 0 saturated carbocycles. The van der Waals surface area contributed by atoms with Crippen LogP contribution in [-0.2, 0) is 6.42 Å². The Morgan fingerprint density at radius 3 is 2.33 bits per heavy atom. The van der Waals surface area contributed by atoms with E-state index in [0.717, 1.165) is 6.92 Å². The van der Waals surface area contributed by atoms with Gasteiger partial charge in [-0.25, -0.2) is 8.78 Å². The molecule has 4 heteroatoms. The Morgan fingerprint density at radius 2 is 1.87 bits per heavy atom. The van der Waals surface area contributed by atoms with Crippen molar-refractivity contribution in [1.82, 2.24) is 0 Å². The van der Waals surface area contributed by atoms with E-state index < -0.39 is 5.92 Å². The second-order valence-corrected chi connectivity index (χ2v) is 3.42. The van der Waals surface area contributed by atoms with Crippen molar-refractivity contribution in [3.05, 3.63) is 23.8 Å². The first-order valence-corrected chi connectivity index (χ1v) is 4.55. The maximum Gasteiger partial charge on any atom is 0.249 e. The fraction of sp³-hybridized carbons (Fsp3) is 0.455. The van der Waals surface area contributed by atoms with Crippen molar-refractivity contribution in [2.24, 2.45) is 0 Å². The van der Waals surface area contributed by atoms with Gasteiger partial charge in [-0.05, 0) is 25.1 Å². The minimum absolute atomic E-state index is 0.354. The van der Waals surface area contributed by atoms with Gasteiger partial charge >= 0.3 is 0 Å². The van der Waals surface area contributed by atoms with Gasteiger partial charge in [0.25, 0.3) is 0 Å². The molecule has 0 aliphatic heterocycles. The topological polar surface area (TPSA) is 18.5 Å². The molecule has 0 N–H and O–H groups in total. The third-order valence-electron chi connectivity index (χ3n) is 1.99. The second-order valence-electron chi connectivity index (χ2n) is 3.42. The summed E-state index contributed by atoms with van der Waals surface area (Å²) in [5, 5.41) is 0. The minimum Gasteiger partial charge on any atom is -0.497 e. The summed E-state index contributed by atoms with van der Waals surface area (Å²) in [5.41, 5.74) is 0.448. The smallest absolute Gasteiger partial charge is 0.249 e. The summed E-state index contributed by atoms with van der Waals surface area (Å²) in [6, 6.07) is 4.87. The summed E-state index contributed by atoms with van der Waals surface area (Å²) in [6.45, 7) is 0.881. The monoisotopic (exact) mass is 216 g/mol. The Kier molecular flexibility index (Phi) is 3.50. The van der Waals surface area contributed by atoms with Crippen LogP contribution in [0.5, 0.6) is 11.5 Å². The highest BCUT2D eigenvalue weighted by atomic mass is 19.3. The van der Waals surface area contributed by atoms with Gasteiger partial charge in [-0.1, -0.05) is 0 Å². The Bertz CT molecular complexity index is 332. The van der Waals surface area contributed by atoms with Crippen molar-refractivity contribution < 1.29 is 18.3 Å². The lowest BCUT2D eigenvalue weighted by Gasteiger charge is -2.14. The van der Waals surface area contributed by atoms with Gasteiger partial charge in [-0.2, -0.15) is 0 Å². The molecule has 0 saturated heterocycles. The van der Waals surface area contributed by atoms with Gasteiger partial charge in [0, 0.05) is 12.0 Å². The van der Waals surface area contributed by atoms with E-state index in [1.54, 1.807) is 18.2 Å². The first-order valence-electron chi connectivity index (χ1n) is 4.55. The first-order chi connectivity index (χ1) is 6.96. The molecule has 1 rings (SSSR count). The van der Waals surface area contributed by atoms with Gasteiger partial charge in [0.05, 0.1) is 14.2 Å². The lowest BCUT2D eigenvalue weighted by molar-refractivity contribution is 0.0220. The van der Waals surface area contributed by atoms with Gasteiger partial charge in [0.1, 0.15) is 11.5 Å². The van der Waals surface area contributed by atoms with Crippen molar-refractivity contribution in [3.63, 3.8) is 0 Å². The van der Waals surface area contributed by atoms with E-state index >= 15 is 0 Å². The van der Waals surface area contributed by atoms with Crippen molar-refractivity contribution in [2.75, 3.05) is 14.2 Å². The Hall–Kier alpha value is -1.32. The van der Waals surface area contributed by atoms with Crippen LogP contribution in [0.2, 0.25) is 0 Å². The van der Waals surface area contributed by atoms with Crippen LogP contribution in [-0.4, -0.2) is 20.1 Å². The summed E-state index contributed by atoms with van der Waals surface area (Å²) in [7, 11) is 2.95. The molecule has 1 aromatic rings. The van der Waals surface area contributed by atoms with E-state index in [1.807, 2.05) is 0 Å². The van der Waals surface area contributed by atoms with Gasteiger partial charge in [-0.15, -0.1) is 0 Å². The molecule has 2 nitrogen and oxygen atoms in total. The number of ether oxygens (including phenoxy) is 2. The highest BCUT2D eigenvalue weighted by molar-refractivity contribution is 5.40. The Balaban J connectivity index is 3.01. The van der Waals surface area contributed by atoms with Crippen LogP contribution in [0.15, 0.2) is 18.2 Å². The van der Waals surface area contributed by atoms with Crippen molar-refractivity contribution >= 4 is 0 Å². The maximum absolute atomic E-state index is 12.9. The zero-order chi connectivity index (χ0) is 11.5. The minimum atomic E-state index is -2.75. The average Bonchev–Trinajstić information content (AvgIpc) is 2.15. The van der Waals surface area contributed by atoms with Gasteiger partial charge in [-0.3, -0.25) is 0 Å². The summed E-state index contributed by atoms with van der Waals surface area (Å²) in [4.78, 5) is 0. The van der Waals surface area contributed by atoms with Crippen molar-refractivity contribution in [2.45, 2.75) is 19.3 Å². The Labute approximate surface area is 87.8 Å². The van der Waals surface area contributed by atoms with Crippen LogP contribution in [0.25, 0.3) is 0 Å². The second kappa shape index (κ2) is 4.47. The number of benzene rings is 1. The molecule has 0 atom stereocenters. The highest BCUT2D eigenvalue weighted by Gasteiger charge is 2.23. The van der Waals surface area contributed by atoms with E-state index in [2.05, 4.69) is 0 Å². The molecule has 0 bridgehead atoms. The summed E-state index contributed by atoms with van der Waals surface area (Å²) < 4.78 is 35.7. The normalized spacial score (nSPS) is 11.3. The molecular weight excluding hydrogens is 202 g/mol. The number of hydrogen-bond donors (Lipinski definition) is 0. The molecule has 0 aliphatic rings. The number of methoxy groups -OCH3 is 2. The molecule has 0 fully saturated rings. The van der Waals surface area contributed by atoms with E-state index in [0.29, 0.717) is 17.1 Å². The fourth-order valence-corrected chi connectivity index (χ4v) is 1.35. The SMILES string of the molecule is COc1ccc(OC)c(CC(C)(F)F)c1. The molecular formula is C11H14F2O2. The van der Waals surface area contributed by atoms with Crippen LogP contribution in [0.1, 0.15) is 12.5 Å². The van der Waals surface area contributed by atoms with E-state index in [4.69, 9.17) is 9.47 Å². The first kappa shape index (κ1) is 11.8. The van der Waals surface area contributed by atoms with Gasteiger partial charge in [0.15, 0.2) is 0 Å². The van der Waals surface area contributed by atoms with Gasteiger partial charge in [0.2, 0.25) is 5.92 Å². The Morgan fingerprint density at radius 1 is 1.20 bits per heavy atom. The molecule has 1 aromatic carbocycles. The maximum atomic E-state index is 12.9. The van der Waals surface area contributed by atoms with E-state index in [1.165, 1.54) is 14.2 Å². The number of alkyl halides is 2. The number of rotatable bonds is 4. The van der Waals surface area contributed by atoms with Crippen LogP contribution >= 0.6 is 0 Å². The highest BCUT2D eigenvalue weighted by Crippen LogP contribution is 2.29. The lowest BCUT2D eigenvalue weighted by atomic mass is 10.1. The molecule has 0 aliphatic carbocycles. The molecule has 0 unspecified atom stereocenters. The zero-order valence-electron chi connectivity index (χ0n) is 9.01. The molecule has 84 valence electrons. The molecule has 0 heterocycles. The van der Waals surface area contributed by atoms with Crippen LogP contribution in [0.4, 0.5) is 8.78 Å². The molecule has 0 radical (unpaired) electrons. The summed E-state index contributed by atoms with van der Waals surface area (Å²) >= 11 is 0. The van der Waals surface area contributed by atoms with E-state index in [-0.39, 0.29) is 6.42 Å². The van der Waals surface area contributed by atoms with Crippen LogP contribution in [0, 0.1) is 0 Å². The van der Waals surface area contributed by atoms with E-state index in [9.17, 15) is 8.78 Å². The molecule has 0 spiro atoms.